The van der Waals surface area contributed by atoms with Gasteiger partial charge in [-0.25, -0.2) is 0 Å². The van der Waals surface area contributed by atoms with Crippen LogP contribution in [0.3, 0.4) is 0 Å². The number of nitrogens with two attached hydrogens (primary N) is 1. The summed E-state index contributed by atoms with van der Waals surface area (Å²) in [5.74, 6) is -0.160. The predicted octanol–water partition coefficient (Wildman–Crippen LogP) is 0.312. The van der Waals surface area contributed by atoms with Crippen LogP contribution in [-0.2, 0) is 4.79 Å². The molecule has 0 aromatic carbocycles. The van der Waals surface area contributed by atoms with Crippen molar-refractivity contribution in [2.45, 2.75) is 12.8 Å². The van der Waals surface area contributed by atoms with E-state index in [9.17, 15) is 4.79 Å². The van der Waals surface area contributed by atoms with Crippen LogP contribution in [0.25, 0.3) is 0 Å². The zero-order valence-corrected chi connectivity index (χ0v) is 6.41. The van der Waals surface area contributed by atoms with Gasteiger partial charge in [0.05, 0.1) is 0 Å². The zero-order valence-electron chi connectivity index (χ0n) is 5.59. The Kier molecular flexibility index (Phi) is 4.49. The van der Waals surface area contributed by atoms with Crippen LogP contribution < -0.4 is 11.1 Å². The Morgan fingerprint density at radius 1 is 1.80 bits per heavy atom. The van der Waals surface area contributed by atoms with E-state index in [1.807, 2.05) is 0 Å². The quantitative estimate of drug-likeness (QED) is 0.459. The van der Waals surface area contributed by atoms with Crippen molar-refractivity contribution >= 4 is 23.2 Å². The van der Waals surface area contributed by atoms with Crippen molar-refractivity contribution in [3.8, 4) is 0 Å². The SMILES string of the molecule is C=CCCC(=O)NC(N)=S. The second kappa shape index (κ2) is 4.93. The molecule has 0 aromatic heterocycles. The summed E-state index contributed by atoms with van der Waals surface area (Å²) in [5, 5.41) is 2.32. The fourth-order valence-electron chi connectivity index (χ4n) is 0.433. The molecule has 3 N–H and O–H groups in total. The Bertz CT molecular complexity index is 156. The molecular formula is C6H10N2OS. The van der Waals surface area contributed by atoms with Crippen molar-refractivity contribution in [3.05, 3.63) is 12.7 Å². The van der Waals surface area contributed by atoms with Crippen LogP contribution in [-0.4, -0.2) is 11.0 Å². The van der Waals surface area contributed by atoms with E-state index in [0.717, 1.165) is 0 Å². The summed E-state index contributed by atoms with van der Waals surface area (Å²) in [6.07, 6.45) is 2.70. The Balaban J connectivity index is 3.43. The zero-order chi connectivity index (χ0) is 7.98. The lowest BCUT2D eigenvalue weighted by molar-refractivity contribution is -0.119. The van der Waals surface area contributed by atoms with Crippen LogP contribution in [0.1, 0.15) is 12.8 Å². The van der Waals surface area contributed by atoms with Crippen molar-refractivity contribution in [1.82, 2.24) is 5.32 Å². The Morgan fingerprint density at radius 2 is 2.40 bits per heavy atom. The first-order valence-corrected chi connectivity index (χ1v) is 3.28. The lowest BCUT2D eigenvalue weighted by Gasteiger charge is -1.98. The Labute approximate surface area is 65.3 Å². The predicted molar refractivity (Wildman–Crippen MR) is 44.4 cm³/mol. The van der Waals surface area contributed by atoms with Crippen LogP contribution in [0.2, 0.25) is 0 Å². The fourth-order valence-corrected chi connectivity index (χ4v) is 0.547. The summed E-state index contributed by atoms with van der Waals surface area (Å²) < 4.78 is 0. The number of carbonyl (C=O) groups excluding carboxylic acids is 1. The molecule has 0 aliphatic carbocycles. The Morgan fingerprint density at radius 3 is 2.80 bits per heavy atom. The third kappa shape index (κ3) is 5.24. The maximum Gasteiger partial charge on any atom is 0.226 e. The number of nitrogens with one attached hydrogen (secondary N) is 1. The maximum atomic E-state index is 10.7. The molecule has 4 heteroatoms. The molecule has 0 spiro atoms. The molecule has 3 nitrogen and oxygen atoms in total. The highest BCUT2D eigenvalue weighted by molar-refractivity contribution is 7.80. The third-order valence-electron chi connectivity index (χ3n) is 0.838. The highest BCUT2D eigenvalue weighted by atomic mass is 32.1. The monoisotopic (exact) mass is 158 g/mol. The van der Waals surface area contributed by atoms with E-state index in [0.29, 0.717) is 12.8 Å². The van der Waals surface area contributed by atoms with Gasteiger partial charge in [-0.1, -0.05) is 6.08 Å². The number of carbonyl (C=O) groups is 1. The average molecular weight is 158 g/mol. The fraction of sp³-hybridized carbons (Fsp3) is 0.333. The van der Waals surface area contributed by atoms with Crippen LogP contribution >= 0.6 is 12.2 Å². The molecule has 10 heavy (non-hydrogen) atoms. The molecular weight excluding hydrogens is 148 g/mol. The van der Waals surface area contributed by atoms with Gasteiger partial charge in [-0.2, -0.15) is 0 Å². The number of amides is 1. The van der Waals surface area contributed by atoms with Gasteiger partial charge in [-0.15, -0.1) is 6.58 Å². The van der Waals surface area contributed by atoms with Gasteiger partial charge in [0.1, 0.15) is 0 Å². The summed E-state index contributed by atoms with van der Waals surface area (Å²) in [7, 11) is 0. The van der Waals surface area contributed by atoms with Gasteiger partial charge in [0, 0.05) is 6.42 Å². The normalized spacial score (nSPS) is 8.40. The molecule has 0 fully saturated rings. The average Bonchev–Trinajstić information content (AvgIpc) is 1.82. The summed E-state index contributed by atoms with van der Waals surface area (Å²) in [6.45, 7) is 3.47. The first-order valence-electron chi connectivity index (χ1n) is 2.87. The number of thiocarbonyl (C=S) groups is 1. The van der Waals surface area contributed by atoms with Gasteiger partial charge in [0.25, 0.3) is 0 Å². The van der Waals surface area contributed by atoms with Gasteiger partial charge < -0.3 is 11.1 Å². The minimum absolute atomic E-state index is 0.0223. The number of hydrogen-bond acceptors (Lipinski definition) is 2. The molecule has 1 amide bonds. The minimum atomic E-state index is -0.160. The minimum Gasteiger partial charge on any atom is -0.376 e. The summed E-state index contributed by atoms with van der Waals surface area (Å²) in [4.78, 5) is 10.7. The van der Waals surface area contributed by atoms with Crippen molar-refractivity contribution < 1.29 is 4.79 Å². The first-order chi connectivity index (χ1) is 4.66. The molecule has 0 saturated carbocycles. The van der Waals surface area contributed by atoms with Gasteiger partial charge in [0.2, 0.25) is 5.91 Å². The lowest BCUT2D eigenvalue weighted by Crippen LogP contribution is -2.34. The van der Waals surface area contributed by atoms with Crippen LogP contribution in [0.4, 0.5) is 0 Å². The van der Waals surface area contributed by atoms with E-state index < -0.39 is 0 Å². The molecule has 0 aromatic rings. The molecule has 0 radical (unpaired) electrons. The van der Waals surface area contributed by atoms with Gasteiger partial charge in [-0.3, -0.25) is 4.79 Å². The van der Waals surface area contributed by atoms with Gasteiger partial charge in [-0.05, 0) is 18.6 Å². The number of hydrogen-bond donors (Lipinski definition) is 2. The molecule has 0 saturated heterocycles. The van der Waals surface area contributed by atoms with Crippen LogP contribution in [0.5, 0.6) is 0 Å². The smallest absolute Gasteiger partial charge is 0.226 e. The molecule has 0 atom stereocenters. The van der Waals surface area contributed by atoms with E-state index in [2.05, 4.69) is 24.1 Å². The molecule has 0 heterocycles. The topological polar surface area (TPSA) is 55.1 Å². The van der Waals surface area contributed by atoms with E-state index in [-0.39, 0.29) is 11.0 Å². The van der Waals surface area contributed by atoms with Crippen molar-refractivity contribution in [1.29, 1.82) is 0 Å². The molecule has 0 unspecified atom stereocenters. The third-order valence-corrected chi connectivity index (χ3v) is 0.940. The molecule has 0 rings (SSSR count). The van der Waals surface area contributed by atoms with Crippen molar-refractivity contribution in [2.75, 3.05) is 0 Å². The second-order valence-electron chi connectivity index (χ2n) is 1.74. The van der Waals surface area contributed by atoms with Crippen LogP contribution in [0.15, 0.2) is 12.7 Å². The molecule has 0 aliphatic heterocycles. The standard InChI is InChI=1S/C6H10N2OS/c1-2-3-4-5(9)8-6(7)10/h2H,1,3-4H2,(H3,7,8,9,10). The summed E-state index contributed by atoms with van der Waals surface area (Å²) in [6, 6.07) is 0. The summed E-state index contributed by atoms with van der Waals surface area (Å²) >= 11 is 4.44. The van der Waals surface area contributed by atoms with E-state index in [1.165, 1.54) is 0 Å². The second-order valence-corrected chi connectivity index (χ2v) is 2.18. The molecule has 0 aliphatic rings. The molecule has 0 bridgehead atoms. The largest absolute Gasteiger partial charge is 0.376 e. The first kappa shape index (κ1) is 9.10. The van der Waals surface area contributed by atoms with E-state index >= 15 is 0 Å². The lowest BCUT2D eigenvalue weighted by atomic mass is 10.3. The highest BCUT2D eigenvalue weighted by Gasteiger charge is 1.98. The summed E-state index contributed by atoms with van der Waals surface area (Å²) in [5.41, 5.74) is 5.04. The van der Waals surface area contributed by atoms with Crippen molar-refractivity contribution in [3.63, 3.8) is 0 Å². The highest BCUT2D eigenvalue weighted by Crippen LogP contribution is 1.87. The van der Waals surface area contributed by atoms with Gasteiger partial charge >= 0.3 is 0 Å². The Hall–Kier alpha value is -0.900. The van der Waals surface area contributed by atoms with Crippen molar-refractivity contribution in [2.24, 2.45) is 5.73 Å². The van der Waals surface area contributed by atoms with Gasteiger partial charge in [0.15, 0.2) is 5.11 Å². The number of allylic oxidation sites excluding steroid dienone is 1. The van der Waals surface area contributed by atoms with Crippen LogP contribution in [0, 0.1) is 0 Å². The number of rotatable bonds is 3. The molecule has 56 valence electrons. The maximum absolute atomic E-state index is 10.7. The van der Waals surface area contributed by atoms with E-state index in [1.54, 1.807) is 6.08 Å². The van der Waals surface area contributed by atoms with E-state index in [4.69, 9.17) is 5.73 Å².